The molecular weight excluding hydrogens is 254 g/mol. The number of carbonyl (C=O) groups excluding carboxylic acids is 2. The topological polar surface area (TPSA) is 69.4 Å². The van der Waals surface area contributed by atoms with Crippen LogP contribution in [0.2, 0.25) is 0 Å². The standard InChI is InChI=1S/C16H29NO3/c1-4-5-6-7-8-9-10-14(11-15(17)18)16(19)20-12-13(2)3/h11,13H,4-10,12H2,1-3H3,(H2,17,18). The molecule has 0 atom stereocenters. The van der Waals surface area contributed by atoms with Gasteiger partial charge in [0.15, 0.2) is 0 Å². The van der Waals surface area contributed by atoms with Gasteiger partial charge in [-0.1, -0.05) is 52.9 Å². The van der Waals surface area contributed by atoms with Gasteiger partial charge in [-0.25, -0.2) is 4.79 Å². The Morgan fingerprint density at radius 3 is 2.25 bits per heavy atom. The average molecular weight is 283 g/mol. The van der Waals surface area contributed by atoms with Crippen LogP contribution in [0.5, 0.6) is 0 Å². The molecule has 0 heterocycles. The number of ether oxygens (including phenoxy) is 1. The number of nitrogens with two attached hydrogens (primary N) is 1. The van der Waals surface area contributed by atoms with E-state index in [4.69, 9.17) is 10.5 Å². The van der Waals surface area contributed by atoms with Crippen molar-refractivity contribution in [2.75, 3.05) is 6.61 Å². The number of hydrogen-bond donors (Lipinski definition) is 1. The predicted octanol–water partition coefficient (Wildman–Crippen LogP) is 3.35. The van der Waals surface area contributed by atoms with Crippen molar-refractivity contribution < 1.29 is 14.3 Å². The highest BCUT2D eigenvalue weighted by atomic mass is 16.5. The normalized spacial score (nSPS) is 11.7. The predicted molar refractivity (Wildman–Crippen MR) is 81.1 cm³/mol. The summed E-state index contributed by atoms with van der Waals surface area (Å²) in [5.41, 5.74) is 5.53. The Balaban J connectivity index is 4.16. The molecule has 0 fully saturated rings. The molecule has 1 amide bonds. The van der Waals surface area contributed by atoms with Crippen LogP contribution in [0.4, 0.5) is 0 Å². The van der Waals surface area contributed by atoms with Crippen LogP contribution in [0.1, 0.15) is 65.7 Å². The molecule has 0 bridgehead atoms. The van der Waals surface area contributed by atoms with E-state index in [9.17, 15) is 9.59 Å². The van der Waals surface area contributed by atoms with Crippen LogP contribution in [-0.4, -0.2) is 18.5 Å². The van der Waals surface area contributed by atoms with Crippen LogP contribution < -0.4 is 5.73 Å². The number of carbonyl (C=O) groups is 2. The second kappa shape index (κ2) is 11.5. The first-order chi connectivity index (χ1) is 9.47. The lowest BCUT2D eigenvalue weighted by molar-refractivity contribution is -0.140. The summed E-state index contributed by atoms with van der Waals surface area (Å²) in [6.45, 7) is 6.49. The van der Waals surface area contributed by atoms with E-state index in [1.54, 1.807) is 0 Å². The summed E-state index contributed by atoms with van der Waals surface area (Å²) < 4.78 is 5.15. The Hall–Kier alpha value is -1.32. The van der Waals surface area contributed by atoms with Gasteiger partial charge in [-0.05, 0) is 18.8 Å². The van der Waals surface area contributed by atoms with Crippen LogP contribution in [0.25, 0.3) is 0 Å². The van der Waals surface area contributed by atoms with E-state index in [1.165, 1.54) is 31.8 Å². The van der Waals surface area contributed by atoms with Crippen molar-refractivity contribution in [1.82, 2.24) is 0 Å². The molecule has 0 unspecified atom stereocenters. The maximum Gasteiger partial charge on any atom is 0.334 e. The average Bonchev–Trinajstić information content (AvgIpc) is 2.38. The molecule has 0 spiro atoms. The van der Waals surface area contributed by atoms with E-state index in [1.807, 2.05) is 13.8 Å². The molecule has 4 nitrogen and oxygen atoms in total. The summed E-state index contributed by atoms with van der Waals surface area (Å²) in [4.78, 5) is 22.8. The van der Waals surface area contributed by atoms with Crippen LogP contribution in [0.3, 0.4) is 0 Å². The van der Waals surface area contributed by atoms with Gasteiger partial charge in [0, 0.05) is 11.6 Å². The van der Waals surface area contributed by atoms with Gasteiger partial charge in [-0.2, -0.15) is 0 Å². The lowest BCUT2D eigenvalue weighted by Crippen LogP contribution is -2.16. The van der Waals surface area contributed by atoms with Gasteiger partial charge in [0.2, 0.25) is 5.91 Å². The Morgan fingerprint density at radius 2 is 1.70 bits per heavy atom. The molecule has 0 aromatic carbocycles. The molecule has 0 rings (SSSR count). The minimum Gasteiger partial charge on any atom is -0.462 e. The molecule has 116 valence electrons. The molecule has 0 radical (unpaired) electrons. The van der Waals surface area contributed by atoms with Crippen LogP contribution in [-0.2, 0) is 14.3 Å². The zero-order valence-corrected chi connectivity index (χ0v) is 13.1. The Kier molecular flexibility index (Phi) is 10.7. The van der Waals surface area contributed by atoms with Crippen molar-refractivity contribution in [3.8, 4) is 0 Å². The number of primary amides is 1. The van der Waals surface area contributed by atoms with Gasteiger partial charge >= 0.3 is 5.97 Å². The van der Waals surface area contributed by atoms with Gasteiger partial charge in [0.25, 0.3) is 0 Å². The number of hydrogen-bond acceptors (Lipinski definition) is 3. The van der Waals surface area contributed by atoms with Crippen LogP contribution in [0.15, 0.2) is 11.6 Å². The van der Waals surface area contributed by atoms with E-state index >= 15 is 0 Å². The molecule has 0 aliphatic rings. The Bertz CT molecular complexity index is 322. The van der Waals surface area contributed by atoms with Gasteiger partial charge < -0.3 is 10.5 Å². The van der Waals surface area contributed by atoms with Crippen molar-refractivity contribution in [2.45, 2.75) is 65.7 Å². The summed E-state index contributed by atoms with van der Waals surface area (Å²) in [6, 6.07) is 0. The maximum atomic E-state index is 11.9. The zero-order valence-electron chi connectivity index (χ0n) is 13.1. The van der Waals surface area contributed by atoms with E-state index in [-0.39, 0.29) is 5.92 Å². The van der Waals surface area contributed by atoms with Crippen molar-refractivity contribution in [3.05, 3.63) is 11.6 Å². The quantitative estimate of drug-likeness (QED) is 0.359. The lowest BCUT2D eigenvalue weighted by atomic mass is 10.0. The van der Waals surface area contributed by atoms with Crippen molar-refractivity contribution in [1.29, 1.82) is 0 Å². The van der Waals surface area contributed by atoms with E-state index in [0.717, 1.165) is 12.8 Å². The van der Waals surface area contributed by atoms with Gasteiger partial charge in [0.05, 0.1) is 6.61 Å². The first kappa shape index (κ1) is 18.7. The molecule has 0 aliphatic carbocycles. The Morgan fingerprint density at radius 1 is 1.10 bits per heavy atom. The Labute approximate surface area is 122 Å². The molecule has 0 aliphatic heterocycles. The summed E-state index contributed by atoms with van der Waals surface area (Å²) in [7, 11) is 0. The van der Waals surface area contributed by atoms with Crippen molar-refractivity contribution >= 4 is 11.9 Å². The highest BCUT2D eigenvalue weighted by Crippen LogP contribution is 2.13. The first-order valence-electron chi connectivity index (χ1n) is 7.64. The summed E-state index contributed by atoms with van der Waals surface area (Å²) in [5, 5.41) is 0. The highest BCUT2D eigenvalue weighted by Gasteiger charge is 2.12. The molecule has 20 heavy (non-hydrogen) atoms. The number of rotatable bonds is 11. The van der Waals surface area contributed by atoms with Crippen molar-refractivity contribution in [2.24, 2.45) is 11.7 Å². The molecule has 4 heteroatoms. The minimum absolute atomic E-state index is 0.280. The van der Waals surface area contributed by atoms with Gasteiger partial charge in [0.1, 0.15) is 0 Å². The monoisotopic (exact) mass is 283 g/mol. The van der Waals surface area contributed by atoms with Crippen molar-refractivity contribution in [3.63, 3.8) is 0 Å². The molecule has 0 aromatic rings. The SMILES string of the molecule is CCCCCCCCC(=CC(N)=O)C(=O)OCC(C)C. The zero-order chi connectivity index (χ0) is 15.4. The third-order valence-electron chi connectivity index (χ3n) is 2.93. The number of esters is 1. The van der Waals surface area contributed by atoms with E-state index < -0.39 is 11.9 Å². The smallest absolute Gasteiger partial charge is 0.334 e. The second-order valence-electron chi connectivity index (χ2n) is 5.58. The first-order valence-corrected chi connectivity index (χ1v) is 7.64. The lowest BCUT2D eigenvalue weighted by Gasteiger charge is -2.10. The summed E-state index contributed by atoms with van der Waals surface area (Å²) >= 11 is 0. The molecule has 0 aromatic heterocycles. The highest BCUT2D eigenvalue weighted by molar-refractivity contribution is 5.97. The van der Waals surface area contributed by atoms with Gasteiger partial charge in [-0.15, -0.1) is 0 Å². The van der Waals surface area contributed by atoms with Gasteiger partial charge in [-0.3, -0.25) is 4.79 Å². The molecule has 0 saturated carbocycles. The van der Waals surface area contributed by atoms with Crippen LogP contribution in [0, 0.1) is 5.92 Å². The second-order valence-corrected chi connectivity index (χ2v) is 5.58. The third kappa shape index (κ3) is 10.6. The molecular formula is C16H29NO3. The maximum absolute atomic E-state index is 11.9. The summed E-state index contributed by atoms with van der Waals surface area (Å²) in [6.07, 6.45) is 8.57. The fourth-order valence-electron chi connectivity index (χ4n) is 1.84. The number of unbranched alkanes of at least 4 members (excludes halogenated alkanes) is 5. The summed E-state index contributed by atoms with van der Waals surface area (Å²) in [5.74, 6) is -0.721. The van der Waals surface area contributed by atoms with E-state index in [2.05, 4.69) is 6.92 Å². The number of amides is 1. The van der Waals surface area contributed by atoms with Crippen LogP contribution >= 0.6 is 0 Å². The molecule has 0 saturated heterocycles. The third-order valence-corrected chi connectivity index (χ3v) is 2.93. The van der Waals surface area contributed by atoms with E-state index in [0.29, 0.717) is 18.6 Å². The molecule has 2 N–H and O–H groups in total. The minimum atomic E-state index is -0.590. The largest absolute Gasteiger partial charge is 0.462 e. The fraction of sp³-hybridized carbons (Fsp3) is 0.750. The fourth-order valence-corrected chi connectivity index (χ4v) is 1.84.